The second kappa shape index (κ2) is 4.42. The topological polar surface area (TPSA) is 66.8 Å². The van der Waals surface area contributed by atoms with Crippen molar-refractivity contribution >= 4 is 11.9 Å². The molecule has 2 heterocycles. The highest BCUT2D eigenvalue weighted by atomic mass is 19.4. The first-order valence-electron chi connectivity index (χ1n) is 5.51. The van der Waals surface area contributed by atoms with Crippen molar-refractivity contribution in [3.8, 4) is 0 Å². The number of halogens is 3. The molecule has 1 N–H and O–H groups in total. The maximum atomic E-state index is 12.3. The van der Waals surface area contributed by atoms with Gasteiger partial charge in [0.1, 0.15) is 0 Å². The molecule has 2 aliphatic rings. The number of alkyl halides is 3. The number of rotatable bonds is 1. The summed E-state index contributed by atoms with van der Waals surface area (Å²) in [4.78, 5) is 22.6. The molecule has 18 heavy (non-hydrogen) atoms. The molecule has 0 aliphatic carbocycles. The van der Waals surface area contributed by atoms with E-state index in [1.807, 2.05) is 0 Å². The smallest absolute Gasteiger partial charge is 0.471 e. The minimum Gasteiger partial charge on any atom is -0.481 e. The van der Waals surface area contributed by atoms with Crippen LogP contribution in [-0.4, -0.2) is 53.4 Å². The molecule has 2 saturated heterocycles. The molecule has 0 radical (unpaired) electrons. The van der Waals surface area contributed by atoms with Gasteiger partial charge in [0.15, 0.2) is 0 Å². The van der Waals surface area contributed by atoms with Gasteiger partial charge in [0.25, 0.3) is 0 Å². The Labute approximate surface area is 100 Å². The number of carboxylic acids is 1. The highest BCUT2D eigenvalue weighted by molar-refractivity contribution is 5.82. The largest absolute Gasteiger partial charge is 0.481 e. The number of hydrogen-bond donors (Lipinski definition) is 1. The second-order valence-corrected chi connectivity index (χ2v) is 4.59. The van der Waals surface area contributed by atoms with Gasteiger partial charge in [-0.15, -0.1) is 0 Å². The fraction of sp³-hybridized carbons (Fsp3) is 0.800. The Morgan fingerprint density at radius 2 is 1.67 bits per heavy atom. The van der Waals surface area contributed by atoms with Crippen molar-refractivity contribution in [2.75, 3.05) is 13.1 Å². The minimum absolute atomic E-state index is 0.146. The summed E-state index contributed by atoms with van der Waals surface area (Å²) in [5.41, 5.74) is 0. The molecule has 0 aromatic rings. The lowest BCUT2D eigenvalue weighted by Crippen LogP contribution is -2.56. The predicted molar refractivity (Wildman–Crippen MR) is 51.7 cm³/mol. The number of carbonyl (C=O) groups is 2. The molecule has 8 heteroatoms. The number of aliphatic carboxylic acids is 1. The highest BCUT2D eigenvalue weighted by Crippen LogP contribution is 2.31. The van der Waals surface area contributed by atoms with Crippen LogP contribution in [0.2, 0.25) is 0 Å². The van der Waals surface area contributed by atoms with Crippen molar-refractivity contribution < 1.29 is 32.6 Å². The summed E-state index contributed by atoms with van der Waals surface area (Å²) in [7, 11) is 0. The van der Waals surface area contributed by atoms with Gasteiger partial charge >= 0.3 is 18.1 Å². The van der Waals surface area contributed by atoms with Crippen LogP contribution in [0.25, 0.3) is 0 Å². The molecule has 0 spiro atoms. The van der Waals surface area contributed by atoms with Gasteiger partial charge < -0.3 is 14.7 Å². The maximum Gasteiger partial charge on any atom is 0.471 e. The summed E-state index contributed by atoms with van der Waals surface area (Å²) >= 11 is 0. The summed E-state index contributed by atoms with van der Waals surface area (Å²) in [6.45, 7) is -0.392. The minimum atomic E-state index is -4.89. The van der Waals surface area contributed by atoms with E-state index in [0.717, 1.165) is 0 Å². The van der Waals surface area contributed by atoms with Gasteiger partial charge in [0.05, 0.1) is 18.1 Å². The first kappa shape index (κ1) is 13.1. The van der Waals surface area contributed by atoms with Crippen molar-refractivity contribution in [3.63, 3.8) is 0 Å². The SMILES string of the molecule is O=C(O)C1C[C@@H]2CN(C(=O)C(F)(F)F)C[C@H](C1)O2. The van der Waals surface area contributed by atoms with E-state index >= 15 is 0 Å². The Hall–Kier alpha value is -1.31. The lowest BCUT2D eigenvalue weighted by Gasteiger charge is -2.43. The number of morpholine rings is 1. The molecule has 0 aromatic carbocycles. The fourth-order valence-corrected chi connectivity index (χ4v) is 2.46. The van der Waals surface area contributed by atoms with E-state index in [2.05, 4.69) is 0 Å². The van der Waals surface area contributed by atoms with E-state index in [0.29, 0.717) is 4.90 Å². The fourth-order valence-electron chi connectivity index (χ4n) is 2.46. The number of likely N-dealkylation sites (tertiary alicyclic amines) is 1. The van der Waals surface area contributed by atoms with Crippen molar-refractivity contribution in [2.45, 2.75) is 31.2 Å². The molecular formula is C10H12F3NO4. The Balaban J connectivity index is 2.03. The van der Waals surface area contributed by atoms with Gasteiger partial charge in [0, 0.05) is 13.1 Å². The molecule has 0 saturated carbocycles. The molecule has 1 amide bonds. The van der Waals surface area contributed by atoms with E-state index in [-0.39, 0.29) is 25.9 Å². The molecule has 2 bridgehead atoms. The average Bonchev–Trinajstić information content (AvgIpc) is 2.25. The summed E-state index contributed by atoms with van der Waals surface area (Å²) in [6.07, 6.45) is -5.84. The maximum absolute atomic E-state index is 12.3. The Kier molecular flexibility index (Phi) is 3.22. The Morgan fingerprint density at radius 3 is 2.06 bits per heavy atom. The lowest BCUT2D eigenvalue weighted by atomic mass is 9.89. The van der Waals surface area contributed by atoms with Crippen LogP contribution < -0.4 is 0 Å². The van der Waals surface area contributed by atoms with Gasteiger partial charge in [0.2, 0.25) is 0 Å². The first-order chi connectivity index (χ1) is 8.27. The van der Waals surface area contributed by atoms with Crippen molar-refractivity contribution in [2.24, 2.45) is 5.92 Å². The summed E-state index contributed by atoms with van der Waals surface area (Å²) in [5.74, 6) is -3.45. The zero-order valence-electron chi connectivity index (χ0n) is 9.31. The van der Waals surface area contributed by atoms with Crippen molar-refractivity contribution in [1.82, 2.24) is 4.90 Å². The summed E-state index contributed by atoms with van der Waals surface area (Å²) in [5, 5.41) is 8.88. The van der Waals surface area contributed by atoms with Gasteiger partial charge in [-0.05, 0) is 12.8 Å². The van der Waals surface area contributed by atoms with Crippen LogP contribution in [-0.2, 0) is 14.3 Å². The second-order valence-electron chi connectivity index (χ2n) is 4.59. The van der Waals surface area contributed by atoms with Crippen LogP contribution in [0.15, 0.2) is 0 Å². The lowest BCUT2D eigenvalue weighted by molar-refractivity contribution is -0.200. The first-order valence-corrected chi connectivity index (χ1v) is 5.51. The Morgan fingerprint density at radius 1 is 1.17 bits per heavy atom. The van der Waals surface area contributed by atoms with Gasteiger partial charge in [-0.3, -0.25) is 9.59 Å². The van der Waals surface area contributed by atoms with E-state index < -0.39 is 36.2 Å². The molecule has 2 fully saturated rings. The highest BCUT2D eigenvalue weighted by Gasteiger charge is 2.47. The molecule has 2 aliphatic heterocycles. The van der Waals surface area contributed by atoms with Gasteiger partial charge in [-0.25, -0.2) is 0 Å². The quantitative estimate of drug-likeness (QED) is 0.757. The molecule has 3 atom stereocenters. The third-order valence-electron chi connectivity index (χ3n) is 3.21. The zero-order chi connectivity index (χ0) is 13.5. The summed E-state index contributed by atoms with van der Waals surface area (Å²) in [6, 6.07) is 0. The van der Waals surface area contributed by atoms with Gasteiger partial charge in [-0.1, -0.05) is 0 Å². The third kappa shape index (κ3) is 2.58. The third-order valence-corrected chi connectivity index (χ3v) is 3.21. The normalized spacial score (nSPS) is 32.2. The number of carboxylic acid groups (broad SMARTS) is 1. The van der Waals surface area contributed by atoms with E-state index in [1.165, 1.54) is 0 Å². The molecule has 2 rings (SSSR count). The molecule has 1 unspecified atom stereocenters. The number of hydrogen-bond acceptors (Lipinski definition) is 3. The van der Waals surface area contributed by atoms with Crippen molar-refractivity contribution in [3.05, 3.63) is 0 Å². The van der Waals surface area contributed by atoms with Crippen LogP contribution in [0.1, 0.15) is 12.8 Å². The summed E-state index contributed by atoms with van der Waals surface area (Å²) < 4.78 is 42.2. The van der Waals surface area contributed by atoms with E-state index in [1.54, 1.807) is 0 Å². The zero-order valence-corrected chi connectivity index (χ0v) is 9.31. The van der Waals surface area contributed by atoms with Crippen molar-refractivity contribution in [1.29, 1.82) is 0 Å². The van der Waals surface area contributed by atoms with Gasteiger partial charge in [-0.2, -0.15) is 13.2 Å². The van der Waals surface area contributed by atoms with Crippen LogP contribution in [0.4, 0.5) is 13.2 Å². The van der Waals surface area contributed by atoms with E-state index in [9.17, 15) is 22.8 Å². The Bertz CT molecular complexity index is 357. The van der Waals surface area contributed by atoms with Crippen LogP contribution in [0.5, 0.6) is 0 Å². The number of nitrogens with zero attached hydrogens (tertiary/aromatic N) is 1. The molecule has 5 nitrogen and oxygen atoms in total. The van der Waals surface area contributed by atoms with Crippen LogP contribution >= 0.6 is 0 Å². The molecule has 0 aromatic heterocycles. The number of fused-ring (bicyclic) bond motifs is 2. The number of carbonyl (C=O) groups excluding carboxylic acids is 1. The average molecular weight is 267 g/mol. The standard InChI is InChI=1S/C10H12F3NO4/c11-10(12,13)9(17)14-3-6-1-5(8(15)16)2-7(4-14)18-6/h5-7H,1-4H2,(H,15,16)/t5?,6-,7+. The predicted octanol–water partition coefficient (Wildman–Crippen LogP) is 0.639. The number of ether oxygens (including phenoxy) is 1. The molecule has 102 valence electrons. The van der Waals surface area contributed by atoms with Crippen LogP contribution in [0, 0.1) is 5.92 Å². The van der Waals surface area contributed by atoms with E-state index in [4.69, 9.17) is 9.84 Å². The number of amides is 1. The molecular weight excluding hydrogens is 255 g/mol. The van der Waals surface area contributed by atoms with Crippen LogP contribution in [0.3, 0.4) is 0 Å². The monoisotopic (exact) mass is 267 g/mol.